The highest BCUT2D eigenvalue weighted by molar-refractivity contribution is 7.92. The van der Waals surface area contributed by atoms with E-state index in [-0.39, 0.29) is 33.2 Å². The van der Waals surface area contributed by atoms with E-state index in [1.807, 2.05) is 0 Å². The van der Waals surface area contributed by atoms with Crippen LogP contribution in [-0.4, -0.2) is 29.9 Å². The average Bonchev–Trinajstić information content (AvgIpc) is 2.73. The zero-order valence-electron chi connectivity index (χ0n) is 15.9. The Hall–Kier alpha value is -3.86. The minimum absolute atomic E-state index is 0.0102. The number of sulfonamides is 1. The topological polar surface area (TPSA) is 103 Å². The van der Waals surface area contributed by atoms with E-state index in [0.29, 0.717) is 0 Å². The summed E-state index contributed by atoms with van der Waals surface area (Å²) in [6, 6.07) is 8.05. The van der Waals surface area contributed by atoms with Crippen LogP contribution in [0.15, 0.2) is 70.7 Å². The molecule has 0 bridgehead atoms. The molecular weight excluding hydrogens is 430 g/mol. The van der Waals surface area contributed by atoms with E-state index in [1.54, 1.807) is 0 Å². The third-order valence-electron chi connectivity index (χ3n) is 4.39. The number of aromatic nitrogens is 3. The van der Waals surface area contributed by atoms with Crippen molar-refractivity contribution in [3.8, 4) is 17.0 Å². The molecule has 4 rings (SSSR count). The van der Waals surface area contributed by atoms with Gasteiger partial charge in [-0.2, -0.15) is 0 Å². The first-order valence-electron chi connectivity index (χ1n) is 8.78. The summed E-state index contributed by atoms with van der Waals surface area (Å²) in [5.74, 6) is -1.49. The van der Waals surface area contributed by atoms with Crippen LogP contribution in [0.1, 0.15) is 0 Å². The van der Waals surface area contributed by atoms with Crippen LogP contribution >= 0.6 is 0 Å². The Morgan fingerprint density at radius 3 is 2.65 bits per heavy atom. The molecule has 0 aliphatic heterocycles. The maximum absolute atomic E-state index is 14.7. The number of halogens is 2. The van der Waals surface area contributed by atoms with Gasteiger partial charge in [-0.05, 0) is 24.3 Å². The Balaban J connectivity index is 1.82. The lowest BCUT2D eigenvalue weighted by molar-refractivity contribution is 0.400. The zero-order valence-corrected chi connectivity index (χ0v) is 16.7. The van der Waals surface area contributed by atoms with Gasteiger partial charge in [0.05, 0.1) is 12.0 Å². The van der Waals surface area contributed by atoms with Crippen LogP contribution in [-0.2, 0) is 10.0 Å². The third-order valence-corrected chi connectivity index (χ3v) is 5.75. The van der Waals surface area contributed by atoms with Gasteiger partial charge in [-0.1, -0.05) is 6.07 Å². The predicted octanol–water partition coefficient (Wildman–Crippen LogP) is 2.84. The van der Waals surface area contributed by atoms with Gasteiger partial charge in [0, 0.05) is 41.9 Å². The van der Waals surface area contributed by atoms with Gasteiger partial charge in [0.25, 0.3) is 15.6 Å². The molecular formula is C20H14F2N4O4S. The normalized spacial score (nSPS) is 11.5. The fourth-order valence-corrected chi connectivity index (χ4v) is 4.02. The lowest BCUT2D eigenvalue weighted by Gasteiger charge is -2.13. The highest BCUT2D eigenvalue weighted by Crippen LogP contribution is 2.31. The maximum atomic E-state index is 14.7. The number of rotatable bonds is 5. The molecule has 0 amide bonds. The Morgan fingerprint density at radius 1 is 1.10 bits per heavy atom. The van der Waals surface area contributed by atoms with Crippen molar-refractivity contribution in [1.82, 2.24) is 14.4 Å². The molecule has 3 heterocycles. The van der Waals surface area contributed by atoms with Crippen molar-refractivity contribution in [2.45, 2.75) is 4.90 Å². The second-order valence-corrected chi connectivity index (χ2v) is 8.07. The Kier molecular flexibility index (Phi) is 5.11. The number of ether oxygens (including phenoxy) is 1. The highest BCUT2D eigenvalue weighted by atomic mass is 32.2. The fourth-order valence-electron chi connectivity index (χ4n) is 2.94. The average molecular weight is 444 g/mol. The molecule has 0 radical (unpaired) electrons. The second kappa shape index (κ2) is 7.76. The number of benzene rings is 1. The van der Waals surface area contributed by atoms with Crippen LogP contribution in [0.5, 0.6) is 5.88 Å². The SMILES string of the molecule is COc1ncc(-c2cn3c(=O)ccnc3cc2F)cc1NS(=O)(=O)c1cccc(F)c1. The van der Waals surface area contributed by atoms with Gasteiger partial charge < -0.3 is 4.74 Å². The Morgan fingerprint density at radius 2 is 1.90 bits per heavy atom. The summed E-state index contributed by atoms with van der Waals surface area (Å²) in [5.41, 5.74) is -0.235. The largest absolute Gasteiger partial charge is 0.480 e. The van der Waals surface area contributed by atoms with E-state index in [9.17, 15) is 22.0 Å². The molecule has 4 aromatic rings. The summed E-state index contributed by atoms with van der Waals surface area (Å²) < 4.78 is 62.0. The molecule has 0 aliphatic carbocycles. The molecule has 0 saturated heterocycles. The zero-order chi connectivity index (χ0) is 22.2. The molecule has 0 aliphatic rings. The first-order chi connectivity index (χ1) is 14.8. The standard InChI is InChI=1S/C20H14F2N4O4S/c1-30-20-17(25-31(28,29)14-4-2-3-13(21)8-14)7-12(10-24-20)15-11-26-18(9-16(15)22)23-6-5-19(26)27/h2-11,25H,1H3. The lowest BCUT2D eigenvalue weighted by Crippen LogP contribution is -2.15. The van der Waals surface area contributed by atoms with Gasteiger partial charge in [-0.25, -0.2) is 27.2 Å². The summed E-state index contributed by atoms with van der Waals surface area (Å²) in [6.45, 7) is 0. The number of methoxy groups -OCH3 is 1. The van der Waals surface area contributed by atoms with Crippen LogP contribution in [0.25, 0.3) is 16.8 Å². The summed E-state index contributed by atoms with van der Waals surface area (Å²) in [4.78, 5) is 19.7. The Labute approximate surface area is 174 Å². The van der Waals surface area contributed by atoms with E-state index < -0.39 is 27.2 Å². The van der Waals surface area contributed by atoms with Crippen molar-refractivity contribution in [2.24, 2.45) is 0 Å². The van der Waals surface area contributed by atoms with Crippen LogP contribution in [0.2, 0.25) is 0 Å². The summed E-state index contributed by atoms with van der Waals surface area (Å²) >= 11 is 0. The number of fused-ring (bicyclic) bond motifs is 1. The molecule has 0 saturated carbocycles. The van der Waals surface area contributed by atoms with Crippen LogP contribution in [0, 0.1) is 11.6 Å². The van der Waals surface area contributed by atoms with Gasteiger partial charge in [0.2, 0.25) is 5.88 Å². The van der Waals surface area contributed by atoms with Crippen molar-refractivity contribution in [3.05, 3.63) is 83.0 Å². The van der Waals surface area contributed by atoms with Crippen LogP contribution in [0.3, 0.4) is 0 Å². The van der Waals surface area contributed by atoms with Crippen LogP contribution < -0.4 is 15.0 Å². The quantitative estimate of drug-likeness (QED) is 0.508. The summed E-state index contributed by atoms with van der Waals surface area (Å²) in [7, 11) is -2.91. The van der Waals surface area contributed by atoms with Crippen LogP contribution in [0.4, 0.5) is 14.5 Å². The molecule has 0 fully saturated rings. The number of pyridine rings is 2. The maximum Gasteiger partial charge on any atom is 0.262 e. The summed E-state index contributed by atoms with van der Waals surface area (Å²) in [5, 5.41) is 0. The highest BCUT2D eigenvalue weighted by Gasteiger charge is 2.19. The molecule has 8 nitrogen and oxygen atoms in total. The first kappa shape index (κ1) is 20.4. The molecule has 0 atom stereocenters. The summed E-state index contributed by atoms with van der Waals surface area (Å²) in [6.07, 6.45) is 3.78. The van der Waals surface area contributed by atoms with Crippen molar-refractivity contribution in [1.29, 1.82) is 0 Å². The van der Waals surface area contributed by atoms with E-state index in [1.165, 1.54) is 50.0 Å². The molecule has 31 heavy (non-hydrogen) atoms. The molecule has 158 valence electrons. The van der Waals surface area contributed by atoms with Crippen molar-refractivity contribution in [2.75, 3.05) is 11.8 Å². The fraction of sp³-hybridized carbons (Fsp3) is 0.0500. The number of nitrogens with one attached hydrogen (secondary N) is 1. The molecule has 0 unspecified atom stereocenters. The number of hydrogen-bond donors (Lipinski definition) is 1. The molecule has 3 aromatic heterocycles. The van der Waals surface area contributed by atoms with E-state index in [4.69, 9.17) is 4.74 Å². The first-order valence-corrected chi connectivity index (χ1v) is 10.3. The van der Waals surface area contributed by atoms with E-state index in [2.05, 4.69) is 14.7 Å². The number of nitrogens with zero attached hydrogens (tertiary/aromatic N) is 3. The lowest BCUT2D eigenvalue weighted by atomic mass is 10.1. The number of anilines is 1. The monoisotopic (exact) mass is 444 g/mol. The van der Waals surface area contributed by atoms with Gasteiger partial charge in [-0.15, -0.1) is 0 Å². The minimum atomic E-state index is -4.19. The van der Waals surface area contributed by atoms with Crippen molar-refractivity contribution in [3.63, 3.8) is 0 Å². The molecule has 1 N–H and O–H groups in total. The van der Waals surface area contributed by atoms with Crippen molar-refractivity contribution < 1.29 is 21.9 Å². The molecule has 1 aromatic carbocycles. The predicted molar refractivity (Wildman–Crippen MR) is 108 cm³/mol. The van der Waals surface area contributed by atoms with Gasteiger partial charge in [0.1, 0.15) is 23.0 Å². The van der Waals surface area contributed by atoms with Crippen molar-refractivity contribution >= 4 is 21.4 Å². The van der Waals surface area contributed by atoms with Gasteiger partial charge in [-0.3, -0.25) is 13.9 Å². The minimum Gasteiger partial charge on any atom is -0.480 e. The van der Waals surface area contributed by atoms with E-state index >= 15 is 0 Å². The molecule has 11 heteroatoms. The Bertz CT molecular complexity index is 1470. The second-order valence-electron chi connectivity index (χ2n) is 6.39. The van der Waals surface area contributed by atoms with Gasteiger partial charge >= 0.3 is 0 Å². The number of hydrogen-bond acceptors (Lipinski definition) is 6. The van der Waals surface area contributed by atoms with E-state index in [0.717, 1.165) is 22.6 Å². The van der Waals surface area contributed by atoms with Gasteiger partial charge in [0.15, 0.2) is 0 Å². The smallest absolute Gasteiger partial charge is 0.262 e. The third kappa shape index (κ3) is 3.94. The molecule has 0 spiro atoms.